The SMILES string of the molecule is N#Cc1ccc(/C=C/C(=O)N2C(=O)OC[C@@H]2Cc2ccccc2)c(F)c1. The van der Waals surface area contributed by atoms with Crippen LogP contribution in [0.25, 0.3) is 6.08 Å². The Morgan fingerprint density at radius 2 is 2.08 bits per heavy atom. The summed E-state index contributed by atoms with van der Waals surface area (Å²) in [6.45, 7) is 0.124. The first-order chi connectivity index (χ1) is 12.6. The number of carbonyl (C=O) groups is 2. The minimum atomic E-state index is -0.708. The Morgan fingerprint density at radius 1 is 1.31 bits per heavy atom. The van der Waals surface area contributed by atoms with Gasteiger partial charge in [0.2, 0.25) is 0 Å². The Bertz CT molecular complexity index is 903. The summed E-state index contributed by atoms with van der Waals surface area (Å²) in [4.78, 5) is 25.4. The molecule has 1 atom stereocenters. The number of hydrogen-bond donors (Lipinski definition) is 0. The lowest BCUT2D eigenvalue weighted by molar-refractivity contribution is -0.124. The van der Waals surface area contributed by atoms with E-state index in [9.17, 15) is 14.0 Å². The molecule has 5 nitrogen and oxygen atoms in total. The van der Waals surface area contributed by atoms with Gasteiger partial charge in [-0.25, -0.2) is 14.1 Å². The Kier molecular flexibility index (Phi) is 5.09. The van der Waals surface area contributed by atoms with Crippen molar-refractivity contribution in [2.24, 2.45) is 0 Å². The van der Waals surface area contributed by atoms with E-state index >= 15 is 0 Å². The molecule has 0 unspecified atom stereocenters. The molecule has 2 amide bonds. The number of benzene rings is 2. The fourth-order valence-electron chi connectivity index (χ4n) is 2.74. The minimum Gasteiger partial charge on any atom is -0.447 e. The van der Waals surface area contributed by atoms with Gasteiger partial charge in [0.1, 0.15) is 12.4 Å². The third kappa shape index (κ3) is 3.78. The summed E-state index contributed by atoms with van der Waals surface area (Å²) in [5.74, 6) is -1.19. The van der Waals surface area contributed by atoms with Crippen molar-refractivity contribution in [2.45, 2.75) is 12.5 Å². The molecule has 1 saturated heterocycles. The third-order valence-corrected chi connectivity index (χ3v) is 4.05. The van der Waals surface area contributed by atoms with E-state index in [1.165, 1.54) is 18.2 Å². The number of amides is 2. The maximum absolute atomic E-state index is 13.9. The first kappa shape index (κ1) is 17.4. The van der Waals surface area contributed by atoms with Crippen molar-refractivity contribution >= 4 is 18.1 Å². The molecule has 26 heavy (non-hydrogen) atoms. The highest BCUT2D eigenvalue weighted by Gasteiger charge is 2.36. The highest BCUT2D eigenvalue weighted by Crippen LogP contribution is 2.19. The summed E-state index contributed by atoms with van der Waals surface area (Å²) >= 11 is 0. The van der Waals surface area contributed by atoms with Crippen LogP contribution < -0.4 is 0 Å². The minimum absolute atomic E-state index is 0.124. The normalized spacial score (nSPS) is 16.5. The van der Waals surface area contributed by atoms with Gasteiger partial charge in [-0.05, 0) is 30.2 Å². The van der Waals surface area contributed by atoms with Crippen molar-refractivity contribution in [3.63, 3.8) is 0 Å². The maximum atomic E-state index is 13.9. The van der Waals surface area contributed by atoms with Gasteiger partial charge in [-0.2, -0.15) is 5.26 Å². The van der Waals surface area contributed by atoms with Gasteiger partial charge in [0, 0.05) is 11.6 Å². The average molecular weight is 350 g/mol. The highest BCUT2D eigenvalue weighted by atomic mass is 19.1. The van der Waals surface area contributed by atoms with Crippen LogP contribution in [-0.4, -0.2) is 29.5 Å². The van der Waals surface area contributed by atoms with Crippen molar-refractivity contribution in [1.82, 2.24) is 4.90 Å². The van der Waals surface area contributed by atoms with Gasteiger partial charge in [-0.15, -0.1) is 0 Å². The molecule has 0 spiro atoms. The second-order valence-electron chi connectivity index (χ2n) is 5.81. The third-order valence-electron chi connectivity index (χ3n) is 4.05. The van der Waals surface area contributed by atoms with Gasteiger partial charge in [0.05, 0.1) is 17.7 Å². The highest BCUT2D eigenvalue weighted by molar-refractivity contribution is 6.02. The molecule has 2 aromatic carbocycles. The van der Waals surface area contributed by atoms with Crippen LogP contribution in [0.15, 0.2) is 54.6 Å². The first-order valence-corrected chi connectivity index (χ1v) is 8.00. The van der Waals surface area contributed by atoms with E-state index < -0.39 is 23.9 Å². The summed E-state index contributed by atoms with van der Waals surface area (Å²) in [6, 6.07) is 14.8. The molecule has 0 aliphatic carbocycles. The van der Waals surface area contributed by atoms with Crippen molar-refractivity contribution in [1.29, 1.82) is 5.26 Å². The number of ether oxygens (including phenoxy) is 1. The average Bonchev–Trinajstić information content (AvgIpc) is 3.01. The molecule has 1 aliphatic heterocycles. The summed E-state index contributed by atoms with van der Waals surface area (Å²) in [7, 11) is 0. The monoisotopic (exact) mass is 350 g/mol. The van der Waals surface area contributed by atoms with Crippen molar-refractivity contribution in [3.8, 4) is 6.07 Å². The van der Waals surface area contributed by atoms with E-state index in [1.807, 2.05) is 36.4 Å². The molecular formula is C20H15FN2O3. The molecule has 2 aromatic rings. The van der Waals surface area contributed by atoms with Gasteiger partial charge in [0.15, 0.2) is 0 Å². The van der Waals surface area contributed by atoms with Crippen LogP contribution in [0.1, 0.15) is 16.7 Å². The number of halogens is 1. The van der Waals surface area contributed by atoms with Crippen molar-refractivity contribution < 1.29 is 18.7 Å². The molecule has 0 radical (unpaired) electrons. The Labute approximate surface area is 149 Å². The lowest BCUT2D eigenvalue weighted by atomic mass is 10.1. The topological polar surface area (TPSA) is 70.4 Å². The van der Waals surface area contributed by atoms with E-state index in [0.29, 0.717) is 6.42 Å². The molecular weight excluding hydrogens is 335 g/mol. The van der Waals surface area contributed by atoms with Crippen molar-refractivity contribution in [3.05, 3.63) is 77.1 Å². The lowest BCUT2D eigenvalue weighted by Gasteiger charge is -2.18. The second-order valence-corrected chi connectivity index (χ2v) is 5.81. The number of cyclic esters (lactones) is 1. The first-order valence-electron chi connectivity index (χ1n) is 8.00. The van der Waals surface area contributed by atoms with Gasteiger partial charge in [-0.1, -0.05) is 36.4 Å². The van der Waals surface area contributed by atoms with Crippen LogP contribution >= 0.6 is 0 Å². The second kappa shape index (κ2) is 7.62. The number of nitrogens with zero attached hydrogens (tertiary/aromatic N) is 2. The lowest BCUT2D eigenvalue weighted by Crippen LogP contribution is -2.39. The zero-order chi connectivity index (χ0) is 18.5. The van der Waals surface area contributed by atoms with Gasteiger partial charge < -0.3 is 4.74 Å². The molecule has 130 valence electrons. The van der Waals surface area contributed by atoms with E-state index in [2.05, 4.69) is 0 Å². The van der Waals surface area contributed by atoms with Crippen LogP contribution in [-0.2, 0) is 16.0 Å². The Hall–Kier alpha value is -3.46. The largest absolute Gasteiger partial charge is 0.447 e. The zero-order valence-electron chi connectivity index (χ0n) is 13.8. The van der Waals surface area contributed by atoms with Crippen LogP contribution in [0.2, 0.25) is 0 Å². The molecule has 0 N–H and O–H groups in total. The molecule has 0 aromatic heterocycles. The summed E-state index contributed by atoms with van der Waals surface area (Å²) in [5.41, 5.74) is 1.33. The van der Waals surface area contributed by atoms with Crippen LogP contribution in [0.3, 0.4) is 0 Å². The number of nitriles is 1. The number of hydrogen-bond acceptors (Lipinski definition) is 4. The molecule has 1 fully saturated rings. The van der Waals surface area contributed by atoms with Crippen LogP contribution in [0, 0.1) is 17.1 Å². The number of carbonyl (C=O) groups excluding carboxylic acids is 2. The van der Waals surface area contributed by atoms with E-state index in [4.69, 9.17) is 10.00 Å². The van der Waals surface area contributed by atoms with E-state index in [-0.39, 0.29) is 17.7 Å². The predicted molar refractivity (Wildman–Crippen MR) is 92.3 cm³/mol. The van der Waals surface area contributed by atoms with Gasteiger partial charge >= 0.3 is 6.09 Å². The standard InChI is InChI=1S/C20H15FN2O3/c21-18-11-15(12-22)6-7-16(18)8-9-19(24)23-17(13-26-20(23)25)10-14-4-2-1-3-5-14/h1-9,11,17H,10,13H2/b9-8+/t17-/m0/s1. The van der Waals surface area contributed by atoms with Crippen LogP contribution in [0.4, 0.5) is 9.18 Å². The van der Waals surface area contributed by atoms with Gasteiger partial charge in [0.25, 0.3) is 5.91 Å². The Morgan fingerprint density at radius 3 is 2.77 bits per heavy atom. The maximum Gasteiger partial charge on any atom is 0.417 e. The van der Waals surface area contributed by atoms with Gasteiger partial charge in [-0.3, -0.25) is 4.79 Å². The fourth-order valence-corrected chi connectivity index (χ4v) is 2.74. The molecule has 0 saturated carbocycles. The summed E-state index contributed by atoms with van der Waals surface area (Å²) in [6.07, 6.45) is 2.19. The molecule has 1 heterocycles. The molecule has 0 bridgehead atoms. The van der Waals surface area contributed by atoms with E-state index in [0.717, 1.165) is 22.6 Å². The van der Waals surface area contributed by atoms with Crippen LogP contribution in [0.5, 0.6) is 0 Å². The summed E-state index contributed by atoms with van der Waals surface area (Å²) < 4.78 is 18.9. The quantitative estimate of drug-likeness (QED) is 0.793. The molecule has 1 aliphatic rings. The number of imide groups is 1. The zero-order valence-corrected chi connectivity index (χ0v) is 13.8. The van der Waals surface area contributed by atoms with Crippen molar-refractivity contribution in [2.75, 3.05) is 6.61 Å². The molecule has 6 heteroatoms. The fraction of sp³-hybridized carbons (Fsp3) is 0.150. The smallest absolute Gasteiger partial charge is 0.417 e. The number of rotatable bonds is 4. The molecule has 3 rings (SSSR count). The summed E-state index contributed by atoms with van der Waals surface area (Å²) in [5, 5.41) is 8.75. The van der Waals surface area contributed by atoms with E-state index in [1.54, 1.807) is 0 Å². The predicted octanol–water partition coefficient (Wildman–Crippen LogP) is 3.30. The Balaban J connectivity index is 1.74.